The van der Waals surface area contributed by atoms with Crippen molar-refractivity contribution in [1.82, 2.24) is 9.97 Å². The van der Waals surface area contributed by atoms with Gasteiger partial charge in [0.25, 0.3) is 5.56 Å². The van der Waals surface area contributed by atoms with E-state index >= 15 is 0 Å². The zero-order valence-corrected chi connectivity index (χ0v) is 14.4. The van der Waals surface area contributed by atoms with Crippen LogP contribution in [0.1, 0.15) is 24.8 Å². The highest BCUT2D eigenvalue weighted by molar-refractivity contribution is 7.99. The van der Waals surface area contributed by atoms with E-state index in [-0.39, 0.29) is 23.5 Å². The number of nitrogens with zero attached hydrogens (tertiary/aromatic N) is 1. The van der Waals surface area contributed by atoms with Crippen LogP contribution in [-0.2, 0) is 9.59 Å². The molecule has 0 fully saturated rings. The molecule has 1 aromatic carbocycles. The van der Waals surface area contributed by atoms with Gasteiger partial charge in [-0.2, -0.15) is 0 Å². The van der Waals surface area contributed by atoms with Crippen LogP contribution in [0.5, 0.6) is 0 Å². The van der Waals surface area contributed by atoms with Gasteiger partial charge in [-0.15, -0.1) is 0 Å². The quantitative estimate of drug-likeness (QED) is 0.557. The summed E-state index contributed by atoms with van der Waals surface area (Å²) < 4.78 is 26.7. The molecule has 0 unspecified atom stereocenters. The highest BCUT2D eigenvalue weighted by atomic mass is 32.2. The molecule has 136 valence electrons. The number of rotatable bonds is 4. The third-order valence-corrected chi connectivity index (χ3v) is 4.47. The minimum Gasteiger partial charge on any atom is -0.323 e. The lowest BCUT2D eigenvalue weighted by Gasteiger charge is -2.23. The van der Waals surface area contributed by atoms with Crippen LogP contribution in [0.3, 0.4) is 0 Å². The summed E-state index contributed by atoms with van der Waals surface area (Å²) in [6.07, 6.45) is -0.285. The Morgan fingerprint density at radius 1 is 1.38 bits per heavy atom. The smallest absolute Gasteiger partial charge is 0.257 e. The van der Waals surface area contributed by atoms with Crippen LogP contribution in [0.4, 0.5) is 20.3 Å². The monoisotopic (exact) mass is 380 g/mol. The fourth-order valence-electron chi connectivity index (χ4n) is 2.59. The molecular formula is C16H14F2N4O3S. The largest absolute Gasteiger partial charge is 0.323 e. The topological polar surface area (TPSA) is 104 Å². The Hall–Kier alpha value is -2.75. The Balaban J connectivity index is 1.95. The van der Waals surface area contributed by atoms with Gasteiger partial charge in [-0.3, -0.25) is 14.4 Å². The van der Waals surface area contributed by atoms with Gasteiger partial charge >= 0.3 is 0 Å². The van der Waals surface area contributed by atoms with E-state index in [1.165, 1.54) is 11.8 Å². The number of halogens is 2. The number of anilines is 2. The van der Waals surface area contributed by atoms with Crippen molar-refractivity contribution in [2.45, 2.75) is 24.4 Å². The number of carbonyl (C=O) groups is 2. The number of H-pyrrole nitrogens is 1. The first-order valence-electron chi connectivity index (χ1n) is 7.71. The van der Waals surface area contributed by atoms with E-state index in [9.17, 15) is 23.2 Å². The molecule has 0 saturated carbocycles. The van der Waals surface area contributed by atoms with Gasteiger partial charge in [0, 0.05) is 12.5 Å². The number of benzene rings is 1. The molecular weight excluding hydrogens is 366 g/mol. The van der Waals surface area contributed by atoms with Gasteiger partial charge in [-0.25, -0.2) is 13.8 Å². The summed E-state index contributed by atoms with van der Waals surface area (Å²) in [5.74, 6) is -3.45. The number of thioether (sulfide) groups is 1. The molecule has 1 aromatic heterocycles. The lowest BCUT2D eigenvalue weighted by atomic mass is 9.92. The van der Waals surface area contributed by atoms with Crippen LogP contribution < -0.4 is 16.2 Å². The number of hydrogen-bond acceptors (Lipinski definition) is 5. The van der Waals surface area contributed by atoms with E-state index in [1.54, 1.807) is 0 Å². The van der Waals surface area contributed by atoms with Gasteiger partial charge in [0.2, 0.25) is 11.8 Å². The summed E-state index contributed by atoms with van der Waals surface area (Å²) in [5.41, 5.74) is -0.790. The van der Waals surface area contributed by atoms with E-state index < -0.39 is 34.9 Å². The number of aromatic nitrogens is 2. The summed E-state index contributed by atoms with van der Waals surface area (Å²) in [5, 5.41) is 5.09. The first-order chi connectivity index (χ1) is 12.4. The molecule has 2 amide bonds. The van der Waals surface area contributed by atoms with Gasteiger partial charge in [-0.1, -0.05) is 18.7 Å². The highest BCUT2D eigenvalue weighted by Crippen LogP contribution is 2.30. The normalized spacial score (nSPS) is 16.0. The number of fused-ring (bicyclic) bond motifs is 1. The zero-order chi connectivity index (χ0) is 18.8. The van der Waals surface area contributed by atoms with Crippen molar-refractivity contribution < 1.29 is 18.4 Å². The van der Waals surface area contributed by atoms with Crippen LogP contribution in [0.15, 0.2) is 28.2 Å². The third kappa shape index (κ3) is 3.59. The standard InChI is InChI=1S/C16H14F2N4O3S/c1-2-26-16-21-13-12(15(25)22-16)8(6-11(23)20-13)14(24)19-10-4-3-7(17)5-9(10)18/h3-5,8H,2,6H2,1H3,(H,19,24)(H2,20,21,22,23,25)/t8-/m1/s1. The maximum absolute atomic E-state index is 13.8. The average molecular weight is 380 g/mol. The molecule has 0 radical (unpaired) electrons. The summed E-state index contributed by atoms with van der Waals surface area (Å²) >= 11 is 1.28. The van der Waals surface area contributed by atoms with Crippen LogP contribution >= 0.6 is 11.8 Å². The van der Waals surface area contributed by atoms with Crippen LogP contribution in [0.2, 0.25) is 0 Å². The van der Waals surface area contributed by atoms with E-state index in [0.717, 1.165) is 12.1 Å². The van der Waals surface area contributed by atoms with Gasteiger partial charge in [0.15, 0.2) is 5.16 Å². The first-order valence-corrected chi connectivity index (χ1v) is 8.70. The Kier molecular flexibility index (Phi) is 5.03. The second-order valence-electron chi connectivity index (χ2n) is 5.48. The Morgan fingerprint density at radius 2 is 2.15 bits per heavy atom. The highest BCUT2D eigenvalue weighted by Gasteiger charge is 2.35. The lowest BCUT2D eigenvalue weighted by Crippen LogP contribution is -2.36. The second-order valence-corrected chi connectivity index (χ2v) is 6.74. The van der Waals surface area contributed by atoms with Crippen LogP contribution in [0.25, 0.3) is 0 Å². The molecule has 0 bridgehead atoms. The van der Waals surface area contributed by atoms with Crippen LogP contribution in [0, 0.1) is 11.6 Å². The lowest BCUT2D eigenvalue weighted by molar-refractivity contribution is -0.123. The van der Waals surface area contributed by atoms with Crippen molar-refractivity contribution in [3.8, 4) is 0 Å². The van der Waals surface area contributed by atoms with Gasteiger partial charge in [0.05, 0.1) is 17.2 Å². The van der Waals surface area contributed by atoms with Crippen molar-refractivity contribution in [2.75, 3.05) is 16.4 Å². The molecule has 7 nitrogen and oxygen atoms in total. The summed E-state index contributed by atoms with van der Waals surface area (Å²) in [4.78, 5) is 43.5. The zero-order valence-electron chi connectivity index (χ0n) is 13.6. The third-order valence-electron chi connectivity index (χ3n) is 3.72. The molecule has 1 aliphatic heterocycles. The number of aromatic amines is 1. The van der Waals surface area contributed by atoms with Gasteiger partial charge < -0.3 is 15.6 Å². The minimum atomic E-state index is -1.14. The fraction of sp³-hybridized carbons (Fsp3) is 0.250. The van der Waals surface area contributed by atoms with Crippen LogP contribution in [-0.4, -0.2) is 27.5 Å². The molecule has 3 N–H and O–H groups in total. The Morgan fingerprint density at radius 3 is 2.85 bits per heavy atom. The maximum Gasteiger partial charge on any atom is 0.257 e. The molecule has 2 aromatic rings. The Labute approximate surface area is 150 Å². The minimum absolute atomic E-state index is 0.00470. The summed E-state index contributed by atoms with van der Waals surface area (Å²) in [7, 11) is 0. The molecule has 0 aliphatic carbocycles. The Bertz CT molecular complexity index is 948. The fourth-order valence-corrected chi connectivity index (χ4v) is 3.18. The SMILES string of the molecule is CCSc1nc2c(c(=O)[nH]1)[C@H](C(=O)Nc1ccc(F)cc1F)CC(=O)N2. The van der Waals surface area contributed by atoms with Crippen molar-refractivity contribution in [3.63, 3.8) is 0 Å². The number of hydrogen-bond donors (Lipinski definition) is 3. The summed E-state index contributed by atoms with van der Waals surface area (Å²) in [6.45, 7) is 1.87. The second kappa shape index (κ2) is 7.24. The van der Waals surface area contributed by atoms with Crippen molar-refractivity contribution in [1.29, 1.82) is 0 Å². The molecule has 1 aliphatic rings. The molecule has 3 rings (SSSR count). The maximum atomic E-state index is 13.8. The van der Waals surface area contributed by atoms with Gasteiger partial charge in [0.1, 0.15) is 17.5 Å². The van der Waals surface area contributed by atoms with Crippen molar-refractivity contribution in [2.24, 2.45) is 0 Å². The molecule has 0 saturated heterocycles. The summed E-state index contributed by atoms with van der Waals surface area (Å²) in [6, 6.07) is 2.68. The van der Waals surface area contributed by atoms with E-state index in [0.29, 0.717) is 17.0 Å². The van der Waals surface area contributed by atoms with Crippen molar-refractivity contribution >= 4 is 35.1 Å². The predicted octanol–water partition coefficient (Wildman–Crippen LogP) is 2.22. The first kappa shape index (κ1) is 18.1. The van der Waals surface area contributed by atoms with E-state index in [4.69, 9.17) is 0 Å². The number of carbonyl (C=O) groups excluding carboxylic acids is 2. The number of nitrogens with one attached hydrogen (secondary N) is 3. The molecule has 2 heterocycles. The molecule has 10 heteroatoms. The molecule has 26 heavy (non-hydrogen) atoms. The average Bonchev–Trinajstić information content (AvgIpc) is 2.56. The molecule has 0 spiro atoms. The molecule has 1 atom stereocenters. The predicted molar refractivity (Wildman–Crippen MR) is 92.2 cm³/mol. The number of amides is 2. The van der Waals surface area contributed by atoms with Gasteiger partial charge in [-0.05, 0) is 17.9 Å². The van der Waals surface area contributed by atoms with Crippen molar-refractivity contribution in [3.05, 3.63) is 45.8 Å². The van der Waals surface area contributed by atoms with E-state index in [2.05, 4.69) is 20.6 Å². The van der Waals surface area contributed by atoms with E-state index in [1.807, 2.05) is 6.92 Å².